The molecule has 0 aliphatic heterocycles. The number of amides is 1. The average molecular weight is 231 g/mol. The van der Waals surface area contributed by atoms with Crippen molar-refractivity contribution in [1.82, 2.24) is 4.37 Å². The molecule has 0 heterocycles. The summed E-state index contributed by atoms with van der Waals surface area (Å²) in [5.74, 6) is 0.0786. The molecule has 3 heteroatoms. The van der Waals surface area contributed by atoms with Crippen LogP contribution in [0.25, 0.3) is 0 Å². The van der Waals surface area contributed by atoms with Gasteiger partial charge in [0.25, 0.3) is 0 Å². The van der Waals surface area contributed by atoms with Crippen molar-refractivity contribution in [1.29, 1.82) is 0 Å². The third kappa shape index (κ3) is 4.67. The van der Waals surface area contributed by atoms with Gasteiger partial charge in [-0.1, -0.05) is 0 Å². The van der Waals surface area contributed by atoms with Crippen molar-refractivity contribution in [2.24, 2.45) is 0 Å². The van der Waals surface area contributed by atoms with Gasteiger partial charge in [-0.3, -0.25) is 0 Å². The minimum absolute atomic E-state index is 0.0786. The zero-order valence-corrected chi connectivity index (χ0v) is 10.8. The summed E-state index contributed by atoms with van der Waals surface area (Å²) in [6.07, 6.45) is 0. The van der Waals surface area contributed by atoms with Gasteiger partial charge in [-0.25, -0.2) is 0 Å². The Kier molecular flexibility index (Phi) is 4.00. The van der Waals surface area contributed by atoms with Crippen LogP contribution in [0.5, 0.6) is 0 Å². The second kappa shape index (κ2) is 4.01. The molecule has 0 radical (unpaired) electrons. The van der Waals surface area contributed by atoms with Crippen LogP contribution in [0.2, 0.25) is 8.70 Å². The van der Waals surface area contributed by atoms with Crippen LogP contribution in [0.4, 0.5) is 0 Å². The number of carbonyl (C=O) groups excluding carboxylic acids is 1. The predicted octanol–water partition coefficient (Wildman–Crippen LogP) is 3.09. The molecule has 0 aliphatic carbocycles. The number of hydrogen-bond acceptors (Lipinski definition) is 1. The molecular formula is C10H22CoNO. The number of carbonyl (C=O) groups is 1. The fraction of sp³-hybridized carbons (Fsp3) is 0.900. The Morgan fingerprint density at radius 3 is 1.38 bits per heavy atom. The maximum atomic E-state index is 11.1. The Morgan fingerprint density at radius 1 is 1.00 bits per heavy atom. The first-order valence-electron chi connectivity index (χ1n) is 4.45. The minimum atomic E-state index is -0.457. The van der Waals surface area contributed by atoms with E-state index in [1.165, 1.54) is 0 Å². The van der Waals surface area contributed by atoms with Crippen LogP contribution in [-0.4, -0.2) is 5.91 Å². The Balaban J connectivity index is 4.68. The molecule has 0 saturated carbocycles. The summed E-state index contributed by atoms with van der Waals surface area (Å²) in [6.45, 7) is 14.7. The molecule has 0 aromatic carbocycles. The van der Waals surface area contributed by atoms with Gasteiger partial charge >= 0.3 is 86.1 Å². The molecule has 82 valence electrons. The van der Waals surface area contributed by atoms with E-state index in [0.29, 0.717) is 0 Å². The quantitative estimate of drug-likeness (QED) is 0.738. The third-order valence-corrected chi connectivity index (χ3v) is 4.95. The molecule has 0 bridgehead atoms. The van der Waals surface area contributed by atoms with Gasteiger partial charge in [0, 0.05) is 0 Å². The van der Waals surface area contributed by atoms with E-state index in [-0.39, 0.29) is 14.6 Å². The van der Waals surface area contributed by atoms with Crippen LogP contribution < -0.4 is 4.37 Å². The molecule has 0 atom stereocenters. The van der Waals surface area contributed by atoms with Gasteiger partial charge in [0.2, 0.25) is 0 Å². The maximum absolute atomic E-state index is 11.1. The summed E-state index contributed by atoms with van der Waals surface area (Å²) in [4.78, 5) is 11.1. The average Bonchev–Trinajstić information content (AvgIpc) is 1.77. The Labute approximate surface area is 86.4 Å². The fourth-order valence-corrected chi connectivity index (χ4v) is 4.61. The van der Waals surface area contributed by atoms with Gasteiger partial charge in [-0.05, 0) is 0 Å². The van der Waals surface area contributed by atoms with Crippen LogP contribution >= 0.6 is 0 Å². The van der Waals surface area contributed by atoms with E-state index >= 15 is 0 Å². The van der Waals surface area contributed by atoms with Crippen molar-refractivity contribution >= 4 is 5.91 Å². The van der Waals surface area contributed by atoms with Gasteiger partial charge in [-0.15, -0.1) is 0 Å². The van der Waals surface area contributed by atoms with E-state index in [1.807, 2.05) is 0 Å². The van der Waals surface area contributed by atoms with Crippen LogP contribution in [0, 0.1) is 0 Å². The van der Waals surface area contributed by atoms with E-state index in [4.69, 9.17) is 0 Å². The van der Waals surface area contributed by atoms with Crippen molar-refractivity contribution in [2.75, 3.05) is 0 Å². The molecule has 0 aromatic rings. The summed E-state index contributed by atoms with van der Waals surface area (Å²) < 4.78 is 3.41. The molecule has 1 amide bonds. The first kappa shape index (κ1) is 13.0. The van der Waals surface area contributed by atoms with E-state index in [0.717, 1.165) is 0 Å². The molecular weight excluding hydrogens is 209 g/mol. The van der Waals surface area contributed by atoms with Gasteiger partial charge in [-0.2, -0.15) is 0 Å². The molecule has 0 fully saturated rings. The molecule has 0 aliphatic rings. The van der Waals surface area contributed by atoms with Crippen LogP contribution in [0.3, 0.4) is 0 Å². The zero-order valence-electron chi connectivity index (χ0n) is 9.74. The molecule has 0 unspecified atom stereocenters. The summed E-state index contributed by atoms with van der Waals surface area (Å²) in [7, 11) is 0. The monoisotopic (exact) mass is 231 g/mol. The van der Waals surface area contributed by atoms with Crippen molar-refractivity contribution in [3.63, 3.8) is 0 Å². The molecule has 0 saturated heterocycles. The zero-order chi connectivity index (χ0) is 10.9. The molecule has 13 heavy (non-hydrogen) atoms. The molecule has 0 rings (SSSR count). The van der Waals surface area contributed by atoms with Crippen LogP contribution in [0.15, 0.2) is 0 Å². The van der Waals surface area contributed by atoms with Crippen LogP contribution in [-0.2, 0) is 18.7 Å². The number of rotatable bonds is 1. The third-order valence-electron chi connectivity index (χ3n) is 1.20. The normalized spacial score (nSPS) is 13.9. The first-order chi connectivity index (χ1) is 5.55. The van der Waals surface area contributed by atoms with Crippen molar-refractivity contribution in [3.8, 4) is 0 Å². The molecule has 1 N–H and O–H groups in total. The molecule has 2 nitrogen and oxygen atoms in total. The summed E-state index contributed by atoms with van der Waals surface area (Å²) >= 11 is -0.457. The Bertz CT molecular complexity index is 174. The van der Waals surface area contributed by atoms with E-state index in [2.05, 4.69) is 45.9 Å². The Morgan fingerprint density at radius 2 is 1.31 bits per heavy atom. The first-order valence-corrected chi connectivity index (χ1v) is 6.02. The van der Waals surface area contributed by atoms with Gasteiger partial charge in [0.1, 0.15) is 0 Å². The van der Waals surface area contributed by atoms with E-state index < -0.39 is 13.9 Å². The predicted molar refractivity (Wildman–Crippen MR) is 53.2 cm³/mol. The number of nitrogens with one attached hydrogen (secondary N) is 1. The van der Waals surface area contributed by atoms with Gasteiger partial charge in [0.05, 0.1) is 0 Å². The standard InChI is InChI=1S/2C4H9.C2H5NO.Co/c2*1-4(2)3;1-2(3)4;/h2*1-3H3;1H3,(H2,3,4);/q;;;+1/p-1. The second-order valence-electron chi connectivity index (χ2n) is 4.89. The molecule has 0 aromatic heterocycles. The SMILES string of the molecule is CC(=O)[NH][Co]([C](C)(C)C)[C](C)(C)C. The second-order valence-corrected chi connectivity index (χ2v) is 9.05. The number of hydrogen-bond donors (Lipinski definition) is 1. The van der Waals surface area contributed by atoms with E-state index in [9.17, 15) is 4.79 Å². The summed E-state index contributed by atoms with van der Waals surface area (Å²) in [6, 6.07) is 0. The van der Waals surface area contributed by atoms with Crippen molar-refractivity contribution in [3.05, 3.63) is 0 Å². The van der Waals surface area contributed by atoms with E-state index in [1.54, 1.807) is 6.92 Å². The van der Waals surface area contributed by atoms with Crippen molar-refractivity contribution < 1.29 is 18.7 Å². The Hall–Kier alpha value is -0.0235. The van der Waals surface area contributed by atoms with Gasteiger partial charge in [0.15, 0.2) is 0 Å². The summed E-state index contributed by atoms with van der Waals surface area (Å²) in [5.41, 5.74) is 0. The van der Waals surface area contributed by atoms with Gasteiger partial charge < -0.3 is 0 Å². The fourth-order valence-electron chi connectivity index (χ4n) is 1.12. The topological polar surface area (TPSA) is 29.1 Å². The van der Waals surface area contributed by atoms with Crippen molar-refractivity contribution in [2.45, 2.75) is 57.2 Å². The molecule has 0 spiro atoms. The van der Waals surface area contributed by atoms with Crippen LogP contribution in [0.1, 0.15) is 48.5 Å². The summed E-state index contributed by atoms with van der Waals surface area (Å²) in [5, 5.41) is 0.